The predicted octanol–water partition coefficient (Wildman–Crippen LogP) is 5.67. The van der Waals surface area contributed by atoms with Gasteiger partial charge in [0.15, 0.2) is 0 Å². The minimum atomic E-state index is 0.428. The summed E-state index contributed by atoms with van der Waals surface area (Å²) in [6, 6.07) is 12.3. The van der Waals surface area contributed by atoms with E-state index in [9.17, 15) is 0 Å². The fraction of sp³-hybridized carbons (Fsp3) is 0.474. The second kappa shape index (κ2) is 13.8. The molecule has 2 aromatic rings. The van der Waals surface area contributed by atoms with Gasteiger partial charge in [0.05, 0.1) is 16.6 Å². The minimum Gasteiger partial charge on any atom is -0.260 e. The van der Waals surface area contributed by atoms with Gasteiger partial charge in [-0.05, 0) is 48.4 Å². The van der Waals surface area contributed by atoms with Crippen molar-refractivity contribution in [1.82, 2.24) is 9.97 Å². The Morgan fingerprint density at radius 2 is 1.68 bits per heavy atom. The summed E-state index contributed by atoms with van der Waals surface area (Å²) in [5.74, 6) is 7.12. The molecule has 0 saturated carbocycles. The largest absolute Gasteiger partial charge is 0.260 e. The first kappa shape index (κ1) is 21.0. The van der Waals surface area contributed by atoms with E-state index in [-0.39, 0.29) is 0 Å². The van der Waals surface area contributed by atoms with Crippen molar-refractivity contribution in [2.75, 3.05) is 35.0 Å². The maximum absolute atomic E-state index is 4.58. The highest BCUT2D eigenvalue weighted by atomic mass is 32.2. The zero-order valence-electron chi connectivity index (χ0n) is 14.7. The van der Waals surface area contributed by atoms with Gasteiger partial charge in [-0.2, -0.15) is 35.3 Å². The lowest BCUT2D eigenvalue weighted by molar-refractivity contribution is 1.01. The number of nitrogens with zero attached hydrogens (tertiary/aromatic N) is 2. The van der Waals surface area contributed by atoms with Gasteiger partial charge < -0.3 is 0 Å². The molecule has 0 spiro atoms. The molecule has 0 aliphatic carbocycles. The fourth-order valence-electron chi connectivity index (χ4n) is 2.15. The van der Waals surface area contributed by atoms with Crippen LogP contribution in [-0.4, -0.2) is 45.0 Å². The molecule has 0 saturated heterocycles. The molecule has 0 fully saturated rings. The monoisotopic (exact) mass is 410 g/mol. The number of hydrogen-bond acceptors (Lipinski definition) is 6. The lowest BCUT2D eigenvalue weighted by atomic mass is 10.3. The SMILES string of the molecule is CSCCSCCCSCC(SCc1ccccn1)c1ccccn1. The van der Waals surface area contributed by atoms with Crippen molar-refractivity contribution >= 4 is 47.0 Å². The minimum absolute atomic E-state index is 0.428. The molecule has 25 heavy (non-hydrogen) atoms. The normalized spacial score (nSPS) is 12.2. The Kier molecular flexibility index (Phi) is 11.6. The third-order valence-corrected chi connectivity index (χ3v) is 8.03. The molecule has 0 bridgehead atoms. The van der Waals surface area contributed by atoms with Crippen molar-refractivity contribution < 1.29 is 0 Å². The Balaban J connectivity index is 1.73. The van der Waals surface area contributed by atoms with E-state index in [0.29, 0.717) is 5.25 Å². The first-order chi connectivity index (χ1) is 12.4. The molecule has 1 atom stereocenters. The van der Waals surface area contributed by atoms with Crippen LogP contribution in [0.15, 0.2) is 48.8 Å². The van der Waals surface area contributed by atoms with Gasteiger partial charge in [0.25, 0.3) is 0 Å². The van der Waals surface area contributed by atoms with Crippen LogP contribution in [0.3, 0.4) is 0 Å². The first-order valence-electron chi connectivity index (χ1n) is 8.47. The molecule has 6 heteroatoms. The quantitative estimate of drug-likeness (QED) is 0.395. The van der Waals surface area contributed by atoms with Crippen molar-refractivity contribution in [3.63, 3.8) is 0 Å². The summed E-state index contributed by atoms with van der Waals surface area (Å²) in [5, 5.41) is 0.428. The van der Waals surface area contributed by atoms with E-state index in [0.717, 1.165) is 17.2 Å². The molecule has 2 nitrogen and oxygen atoms in total. The molecule has 0 aliphatic rings. The average molecular weight is 411 g/mol. The second-order valence-corrected chi connectivity index (χ2v) is 9.96. The van der Waals surface area contributed by atoms with Gasteiger partial charge >= 0.3 is 0 Å². The zero-order chi connectivity index (χ0) is 17.6. The van der Waals surface area contributed by atoms with Gasteiger partial charge in [0, 0.05) is 35.4 Å². The molecule has 2 heterocycles. The molecule has 0 aliphatic heterocycles. The number of rotatable bonds is 13. The Morgan fingerprint density at radius 3 is 2.40 bits per heavy atom. The Bertz CT molecular complexity index is 554. The molecule has 0 amide bonds. The Morgan fingerprint density at radius 1 is 0.880 bits per heavy atom. The van der Waals surface area contributed by atoms with Crippen LogP contribution >= 0.6 is 47.0 Å². The summed E-state index contributed by atoms with van der Waals surface area (Å²) in [6.07, 6.45) is 7.24. The van der Waals surface area contributed by atoms with E-state index in [1.807, 2.05) is 48.1 Å². The van der Waals surface area contributed by atoms with Gasteiger partial charge in [0.1, 0.15) is 0 Å². The smallest absolute Gasteiger partial charge is 0.0564 e. The number of pyridine rings is 2. The third kappa shape index (κ3) is 9.27. The number of aromatic nitrogens is 2. The van der Waals surface area contributed by atoms with Crippen molar-refractivity contribution in [1.29, 1.82) is 0 Å². The summed E-state index contributed by atoms with van der Waals surface area (Å²) < 4.78 is 0. The molecule has 2 rings (SSSR count). The second-order valence-electron chi connectivity index (χ2n) is 5.41. The first-order valence-corrected chi connectivity index (χ1v) is 13.2. The zero-order valence-corrected chi connectivity index (χ0v) is 17.9. The molecular formula is C19H26N2S4. The van der Waals surface area contributed by atoms with Gasteiger partial charge in [-0.25, -0.2) is 0 Å². The van der Waals surface area contributed by atoms with E-state index >= 15 is 0 Å². The van der Waals surface area contributed by atoms with Gasteiger partial charge in [-0.1, -0.05) is 12.1 Å². The van der Waals surface area contributed by atoms with Crippen LogP contribution in [0.4, 0.5) is 0 Å². The standard InChI is InChI=1S/C19H26N2S4/c1-22-13-14-23-11-6-12-24-16-19(18-8-3-5-10-21-18)25-15-17-7-2-4-9-20-17/h2-5,7-10,19H,6,11-16H2,1H3. The van der Waals surface area contributed by atoms with Crippen LogP contribution < -0.4 is 0 Å². The molecule has 1 unspecified atom stereocenters. The van der Waals surface area contributed by atoms with E-state index in [4.69, 9.17) is 0 Å². The lowest BCUT2D eigenvalue weighted by Gasteiger charge is -2.15. The predicted molar refractivity (Wildman–Crippen MR) is 120 cm³/mol. The van der Waals surface area contributed by atoms with Crippen LogP contribution in [0, 0.1) is 0 Å². The Hall–Kier alpha value is -0.300. The summed E-state index contributed by atoms with van der Waals surface area (Å²) in [6.45, 7) is 0. The van der Waals surface area contributed by atoms with E-state index in [1.54, 1.807) is 0 Å². The number of hydrogen-bond donors (Lipinski definition) is 0. The molecule has 0 radical (unpaired) electrons. The van der Waals surface area contributed by atoms with Crippen molar-refractivity contribution in [2.24, 2.45) is 0 Å². The van der Waals surface area contributed by atoms with Gasteiger partial charge in [-0.3, -0.25) is 9.97 Å². The van der Waals surface area contributed by atoms with E-state index < -0.39 is 0 Å². The summed E-state index contributed by atoms with van der Waals surface area (Å²) in [5.41, 5.74) is 2.33. The highest BCUT2D eigenvalue weighted by Gasteiger charge is 2.14. The fourth-order valence-corrected chi connectivity index (χ4v) is 6.45. The van der Waals surface area contributed by atoms with Crippen LogP contribution in [-0.2, 0) is 5.75 Å². The van der Waals surface area contributed by atoms with Crippen LogP contribution in [0.25, 0.3) is 0 Å². The van der Waals surface area contributed by atoms with Crippen LogP contribution in [0.2, 0.25) is 0 Å². The number of thioether (sulfide) groups is 4. The van der Waals surface area contributed by atoms with Crippen LogP contribution in [0.1, 0.15) is 23.1 Å². The highest BCUT2D eigenvalue weighted by molar-refractivity contribution is 8.03. The maximum Gasteiger partial charge on any atom is 0.0564 e. The van der Waals surface area contributed by atoms with Crippen molar-refractivity contribution in [3.05, 3.63) is 60.2 Å². The Labute approximate surface area is 169 Å². The molecule has 2 aromatic heterocycles. The molecule has 136 valence electrons. The highest BCUT2D eigenvalue weighted by Crippen LogP contribution is 2.33. The molecule has 0 aromatic carbocycles. The molecule has 0 N–H and O–H groups in total. The van der Waals surface area contributed by atoms with Gasteiger partial charge in [-0.15, -0.1) is 11.8 Å². The summed E-state index contributed by atoms with van der Waals surface area (Å²) in [7, 11) is 0. The van der Waals surface area contributed by atoms with Gasteiger partial charge in [0.2, 0.25) is 0 Å². The molecular weight excluding hydrogens is 384 g/mol. The average Bonchev–Trinajstić information content (AvgIpc) is 2.68. The van der Waals surface area contributed by atoms with E-state index in [1.165, 1.54) is 35.1 Å². The third-order valence-electron chi connectivity index (χ3n) is 3.45. The topological polar surface area (TPSA) is 25.8 Å². The van der Waals surface area contributed by atoms with Crippen molar-refractivity contribution in [2.45, 2.75) is 17.4 Å². The van der Waals surface area contributed by atoms with E-state index in [2.05, 4.69) is 64.0 Å². The maximum atomic E-state index is 4.58. The lowest BCUT2D eigenvalue weighted by Crippen LogP contribution is -2.02. The van der Waals surface area contributed by atoms with Crippen LogP contribution in [0.5, 0.6) is 0 Å². The van der Waals surface area contributed by atoms with Crippen molar-refractivity contribution in [3.8, 4) is 0 Å². The summed E-state index contributed by atoms with van der Waals surface area (Å²) >= 11 is 8.02. The summed E-state index contributed by atoms with van der Waals surface area (Å²) in [4.78, 5) is 9.02.